The molecule has 31 heavy (non-hydrogen) atoms. The first-order valence-electron chi connectivity index (χ1n) is 11.3. The molecule has 1 unspecified atom stereocenters. The minimum atomic E-state index is -0.308. The molecular formula is C25H27N3O3. The minimum absolute atomic E-state index is 0.0205. The molecule has 0 aliphatic carbocycles. The molecule has 3 aromatic rings. The molecule has 6 nitrogen and oxygen atoms in total. The summed E-state index contributed by atoms with van der Waals surface area (Å²) in [5.41, 5.74) is 4.37. The number of aromatic nitrogens is 1. The van der Waals surface area contributed by atoms with Crippen LogP contribution in [-0.4, -0.2) is 48.3 Å². The molecule has 0 spiro atoms. The number of fused-ring (bicyclic) bond motifs is 5. The number of carbonyl (C=O) groups is 1. The Labute approximate surface area is 181 Å². The second-order valence-electron chi connectivity index (χ2n) is 8.95. The molecule has 2 bridgehead atoms. The number of amides is 1. The van der Waals surface area contributed by atoms with Crippen molar-refractivity contribution in [3.63, 3.8) is 0 Å². The Morgan fingerprint density at radius 2 is 1.90 bits per heavy atom. The number of aromatic amines is 1. The number of piperidine rings is 3. The van der Waals surface area contributed by atoms with Gasteiger partial charge in [-0.2, -0.15) is 0 Å². The van der Waals surface area contributed by atoms with Crippen LogP contribution in [0.15, 0.2) is 48.7 Å². The number of benzene rings is 2. The summed E-state index contributed by atoms with van der Waals surface area (Å²) >= 11 is 0. The van der Waals surface area contributed by atoms with E-state index in [0.717, 1.165) is 66.9 Å². The highest BCUT2D eigenvalue weighted by Crippen LogP contribution is 2.36. The zero-order valence-electron chi connectivity index (χ0n) is 17.5. The van der Waals surface area contributed by atoms with Crippen molar-refractivity contribution in [2.75, 3.05) is 26.2 Å². The van der Waals surface area contributed by atoms with E-state index >= 15 is 0 Å². The predicted molar refractivity (Wildman–Crippen MR) is 119 cm³/mol. The number of hydrogen-bond donors (Lipinski definition) is 2. The zero-order chi connectivity index (χ0) is 20.8. The third-order valence-electron chi connectivity index (χ3n) is 7.09. The Bertz CT molecular complexity index is 1120. The van der Waals surface area contributed by atoms with Gasteiger partial charge in [0.15, 0.2) is 0 Å². The van der Waals surface area contributed by atoms with Crippen LogP contribution in [0.3, 0.4) is 0 Å². The zero-order valence-corrected chi connectivity index (χ0v) is 17.5. The monoisotopic (exact) mass is 417 g/mol. The lowest BCUT2D eigenvalue weighted by molar-refractivity contribution is -0.0342. The van der Waals surface area contributed by atoms with Crippen molar-refractivity contribution >= 4 is 17.0 Å². The van der Waals surface area contributed by atoms with Gasteiger partial charge in [0.05, 0.1) is 12.6 Å². The summed E-state index contributed by atoms with van der Waals surface area (Å²) in [7, 11) is 0. The normalized spacial score (nSPS) is 26.8. The molecule has 2 N–H and O–H groups in total. The smallest absolute Gasteiger partial charge is 0.407 e. The highest BCUT2D eigenvalue weighted by molar-refractivity contribution is 5.85. The van der Waals surface area contributed by atoms with E-state index in [2.05, 4.69) is 57.7 Å². The first kappa shape index (κ1) is 18.8. The van der Waals surface area contributed by atoms with Crippen LogP contribution < -0.4 is 10.1 Å². The Morgan fingerprint density at radius 1 is 1.06 bits per heavy atom. The summed E-state index contributed by atoms with van der Waals surface area (Å²) in [5, 5.41) is 4.30. The second-order valence-corrected chi connectivity index (χ2v) is 8.95. The highest BCUT2D eigenvalue weighted by atomic mass is 16.6. The molecular weight excluding hydrogens is 390 g/mol. The average molecular weight is 418 g/mol. The van der Waals surface area contributed by atoms with Gasteiger partial charge in [0.25, 0.3) is 0 Å². The molecule has 2 aromatic carbocycles. The molecule has 6 heteroatoms. The van der Waals surface area contributed by atoms with E-state index in [0.29, 0.717) is 12.5 Å². The summed E-state index contributed by atoms with van der Waals surface area (Å²) < 4.78 is 11.8. The molecule has 2 atom stereocenters. The Kier molecular flexibility index (Phi) is 4.60. The molecule has 4 aliphatic rings. The number of alkyl carbamates (subject to hydrolysis) is 1. The minimum Gasteiger partial charge on any atom is -0.493 e. The highest BCUT2D eigenvalue weighted by Gasteiger charge is 2.37. The SMILES string of the molecule is O=C(NC1CCOc2cc(-c3ccc4cc[nH]c4c3)ccc21)O[C@@H]1CN2CCC1CC2. The first-order valence-corrected chi connectivity index (χ1v) is 11.3. The summed E-state index contributed by atoms with van der Waals surface area (Å²) in [6, 6.07) is 14.6. The van der Waals surface area contributed by atoms with Crippen LogP contribution in [0.4, 0.5) is 4.79 Å². The first-order chi connectivity index (χ1) is 15.2. The molecule has 160 valence electrons. The van der Waals surface area contributed by atoms with Gasteiger partial charge in [-0.1, -0.05) is 24.3 Å². The largest absolute Gasteiger partial charge is 0.493 e. The summed E-state index contributed by atoms with van der Waals surface area (Å²) in [6.45, 7) is 3.73. The summed E-state index contributed by atoms with van der Waals surface area (Å²) in [4.78, 5) is 18.3. The topological polar surface area (TPSA) is 66.6 Å². The van der Waals surface area contributed by atoms with Crippen LogP contribution in [0.1, 0.15) is 30.9 Å². The van der Waals surface area contributed by atoms with Crippen LogP contribution in [0, 0.1) is 5.92 Å². The van der Waals surface area contributed by atoms with Gasteiger partial charge in [-0.25, -0.2) is 4.79 Å². The van der Waals surface area contributed by atoms with Crippen LogP contribution in [0.25, 0.3) is 22.0 Å². The fourth-order valence-electron chi connectivity index (χ4n) is 5.30. The lowest BCUT2D eigenvalue weighted by Crippen LogP contribution is -2.52. The van der Waals surface area contributed by atoms with Crippen LogP contribution in [0.5, 0.6) is 5.75 Å². The van der Waals surface area contributed by atoms with E-state index in [-0.39, 0.29) is 18.2 Å². The summed E-state index contributed by atoms with van der Waals surface area (Å²) in [5.74, 6) is 1.35. The summed E-state index contributed by atoms with van der Waals surface area (Å²) in [6.07, 6.45) is 4.68. The van der Waals surface area contributed by atoms with E-state index in [9.17, 15) is 4.79 Å². The maximum absolute atomic E-state index is 12.7. The second kappa shape index (κ2) is 7.61. The van der Waals surface area contributed by atoms with Crippen molar-refractivity contribution < 1.29 is 14.3 Å². The van der Waals surface area contributed by atoms with Gasteiger partial charge >= 0.3 is 6.09 Å². The number of ether oxygens (including phenoxy) is 2. The number of nitrogens with zero attached hydrogens (tertiary/aromatic N) is 1. The maximum Gasteiger partial charge on any atom is 0.407 e. The van der Waals surface area contributed by atoms with E-state index in [1.54, 1.807) is 0 Å². The van der Waals surface area contributed by atoms with Gasteiger partial charge in [-0.3, -0.25) is 4.90 Å². The Morgan fingerprint density at radius 3 is 2.74 bits per heavy atom. The van der Waals surface area contributed by atoms with E-state index in [4.69, 9.17) is 9.47 Å². The number of nitrogens with one attached hydrogen (secondary N) is 2. The predicted octanol–water partition coefficient (Wildman–Crippen LogP) is 4.48. The quantitative estimate of drug-likeness (QED) is 0.660. The molecule has 0 radical (unpaired) electrons. The van der Waals surface area contributed by atoms with Crippen molar-refractivity contribution in [3.8, 4) is 16.9 Å². The number of H-pyrrole nitrogens is 1. The van der Waals surface area contributed by atoms with Crippen LogP contribution >= 0.6 is 0 Å². The van der Waals surface area contributed by atoms with Gasteiger partial charge < -0.3 is 19.8 Å². The average Bonchev–Trinajstić information content (AvgIpc) is 3.28. The molecule has 3 fully saturated rings. The van der Waals surface area contributed by atoms with E-state index in [1.165, 1.54) is 5.39 Å². The molecule has 4 aliphatic heterocycles. The molecule has 0 saturated carbocycles. The van der Waals surface area contributed by atoms with Crippen molar-refractivity contribution in [2.24, 2.45) is 5.92 Å². The molecule has 3 saturated heterocycles. The third kappa shape index (κ3) is 3.55. The van der Waals surface area contributed by atoms with Crippen molar-refractivity contribution in [1.29, 1.82) is 0 Å². The Balaban J connectivity index is 1.18. The van der Waals surface area contributed by atoms with Gasteiger partial charge in [0, 0.05) is 30.2 Å². The lowest BCUT2D eigenvalue weighted by atomic mass is 9.86. The molecule has 1 aromatic heterocycles. The van der Waals surface area contributed by atoms with E-state index in [1.807, 2.05) is 6.20 Å². The van der Waals surface area contributed by atoms with Crippen LogP contribution in [-0.2, 0) is 4.74 Å². The lowest BCUT2D eigenvalue weighted by Gasteiger charge is -2.44. The molecule has 7 rings (SSSR count). The van der Waals surface area contributed by atoms with Crippen molar-refractivity contribution in [3.05, 3.63) is 54.2 Å². The van der Waals surface area contributed by atoms with Gasteiger partial charge in [0.2, 0.25) is 0 Å². The molecule has 1 amide bonds. The van der Waals surface area contributed by atoms with Crippen molar-refractivity contribution in [2.45, 2.75) is 31.4 Å². The van der Waals surface area contributed by atoms with Crippen molar-refractivity contribution in [1.82, 2.24) is 15.2 Å². The fourth-order valence-corrected chi connectivity index (χ4v) is 5.30. The Hall–Kier alpha value is -2.99. The molecule has 5 heterocycles. The number of hydrogen-bond acceptors (Lipinski definition) is 4. The number of rotatable bonds is 3. The van der Waals surface area contributed by atoms with Gasteiger partial charge in [-0.05, 0) is 66.6 Å². The van der Waals surface area contributed by atoms with E-state index < -0.39 is 0 Å². The van der Waals surface area contributed by atoms with Crippen LogP contribution in [0.2, 0.25) is 0 Å². The van der Waals surface area contributed by atoms with Gasteiger partial charge in [0.1, 0.15) is 11.9 Å². The van der Waals surface area contributed by atoms with Gasteiger partial charge in [-0.15, -0.1) is 0 Å². The third-order valence-corrected chi connectivity index (χ3v) is 7.09. The fraction of sp³-hybridized carbons (Fsp3) is 0.400. The number of carbonyl (C=O) groups excluding carboxylic acids is 1. The standard InChI is InChI=1S/C25H27N3O3/c29-25(31-24-15-28-10-6-17(24)7-11-28)27-21-8-12-30-23-14-19(3-4-20(21)23)18-2-1-16-5-9-26-22(16)13-18/h1-5,9,13-14,17,21,24,26H,6-8,10-12,15H2,(H,27,29)/t21?,24-/m1/s1. The maximum atomic E-state index is 12.7.